The lowest BCUT2D eigenvalue weighted by Gasteiger charge is -2.22. The Kier molecular flexibility index (Phi) is 4.11. The lowest BCUT2D eigenvalue weighted by Crippen LogP contribution is -2.28. The molecule has 1 aliphatic heterocycles. The minimum Gasteiger partial charge on any atom is -0.414 e. The molecule has 1 unspecified atom stereocenters. The van der Waals surface area contributed by atoms with Crippen molar-refractivity contribution in [2.24, 2.45) is 0 Å². The normalized spacial score (nSPS) is 20.6. The van der Waals surface area contributed by atoms with Gasteiger partial charge in [-0.3, -0.25) is 0 Å². The Hall–Kier alpha value is -1.42. The van der Waals surface area contributed by atoms with E-state index in [0.29, 0.717) is 21.4 Å². The molecule has 2 aromatic rings. The van der Waals surface area contributed by atoms with E-state index in [2.05, 4.69) is 48.5 Å². The molecule has 3 heteroatoms. The molecule has 0 saturated carbocycles. The molecule has 0 amide bonds. The number of rotatable bonds is 4. The molecule has 0 N–H and O–H groups in total. The summed E-state index contributed by atoms with van der Waals surface area (Å²) in [6.45, 7) is 1.66. The van der Waals surface area contributed by atoms with Gasteiger partial charge < -0.3 is 9.16 Å². The van der Waals surface area contributed by atoms with Gasteiger partial charge in [-0.2, -0.15) is 0 Å². The van der Waals surface area contributed by atoms with Crippen LogP contribution in [-0.2, 0) is 9.16 Å². The van der Waals surface area contributed by atoms with Crippen LogP contribution in [0, 0.1) is 0 Å². The Bertz CT molecular complexity index is 604. The van der Waals surface area contributed by atoms with Crippen molar-refractivity contribution >= 4 is 9.76 Å². The molecular weight excluding hydrogens is 288 g/mol. The second-order valence-electron chi connectivity index (χ2n) is 6.01. The summed E-state index contributed by atoms with van der Waals surface area (Å²) in [7, 11) is 0.460. The predicted octanol–water partition coefficient (Wildman–Crippen LogP) is 3.96. The Morgan fingerprint density at radius 1 is 0.955 bits per heavy atom. The minimum absolute atomic E-state index is 0.320. The third-order valence-electron chi connectivity index (χ3n) is 4.61. The number of hydrogen-bond acceptors (Lipinski definition) is 2. The first-order chi connectivity index (χ1) is 10.9. The zero-order valence-electron chi connectivity index (χ0n) is 12.6. The molecule has 2 nitrogen and oxygen atoms in total. The average Bonchev–Trinajstić information content (AvgIpc) is 2.91. The maximum Gasteiger partial charge on any atom is 0.261 e. The van der Waals surface area contributed by atoms with E-state index in [1.165, 1.54) is 35.1 Å². The van der Waals surface area contributed by atoms with Crippen molar-refractivity contribution < 1.29 is 9.16 Å². The maximum absolute atomic E-state index is 6.07. The van der Waals surface area contributed by atoms with Gasteiger partial charge in [0.2, 0.25) is 0 Å². The third-order valence-corrected chi connectivity index (χ3v) is 5.66. The highest BCUT2D eigenvalue weighted by molar-refractivity contribution is 6.29. The summed E-state index contributed by atoms with van der Waals surface area (Å²) in [5.74, 6) is 0.364. The molecule has 2 radical (unpaired) electrons. The second-order valence-corrected chi connectivity index (χ2v) is 7.18. The van der Waals surface area contributed by atoms with Crippen LogP contribution in [0.2, 0.25) is 0 Å². The average molecular weight is 308 g/mol. The maximum atomic E-state index is 6.07. The SMILES string of the molecule is c1ccc2c(c1)-c1ccccc1C2CO[Si]C1CCCCO1. The fraction of sp³-hybridized carbons (Fsp3) is 0.368. The van der Waals surface area contributed by atoms with Crippen LogP contribution in [0.25, 0.3) is 11.1 Å². The van der Waals surface area contributed by atoms with Crippen LogP contribution in [0.4, 0.5) is 0 Å². The van der Waals surface area contributed by atoms with Gasteiger partial charge in [0, 0.05) is 19.1 Å². The quantitative estimate of drug-likeness (QED) is 0.796. The standard InChI is InChI=1S/C19H20O2Si/c1-3-9-16-14(7-1)15-8-2-4-10-17(15)18(16)13-21-22-19-11-5-6-12-20-19/h1-4,7-10,18-19H,5-6,11-13H2. The van der Waals surface area contributed by atoms with Gasteiger partial charge in [-0.1, -0.05) is 48.5 Å². The van der Waals surface area contributed by atoms with Gasteiger partial charge in [0.1, 0.15) is 0 Å². The molecule has 1 saturated heterocycles. The zero-order chi connectivity index (χ0) is 14.8. The molecule has 1 aliphatic carbocycles. The largest absolute Gasteiger partial charge is 0.414 e. The lowest BCUT2D eigenvalue weighted by molar-refractivity contribution is 0.0548. The van der Waals surface area contributed by atoms with Gasteiger partial charge in [0.25, 0.3) is 9.76 Å². The van der Waals surface area contributed by atoms with Gasteiger partial charge in [-0.15, -0.1) is 0 Å². The molecule has 4 rings (SSSR count). The Labute approximate surface area is 134 Å². The number of benzene rings is 2. The first-order valence-electron chi connectivity index (χ1n) is 8.10. The summed E-state index contributed by atoms with van der Waals surface area (Å²) in [5.41, 5.74) is 5.85. The van der Waals surface area contributed by atoms with E-state index < -0.39 is 0 Å². The van der Waals surface area contributed by atoms with Crippen molar-refractivity contribution in [1.29, 1.82) is 0 Å². The fourth-order valence-corrected chi connectivity index (χ4v) is 4.45. The molecule has 2 aliphatic rings. The van der Waals surface area contributed by atoms with E-state index in [-0.39, 0.29) is 0 Å². The molecule has 1 fully saturated rings. The van der Waals surface area contributed by atoms with Gasteiger partial charge in [-0.25, -0.2) is 0 Å². The van der Waals surface area contributed by atoms with Crippen molar-refractivity contribution in [1.82, 2.24) is 0 Å². The number of ether oxygens (including phenoxy) is 1. The van der Waals surface area contributed by atoms with E-state index in [9.17, 15) is 0 Å². The molecule has 0 aromatic heterocycles. The molecular formula is C19H20O2Si. The predicted molar refractivity (Wildman–Crippen MR) is 89.0 cm³/mol. The summed E-state index contributed by atoms with van der Waals surface area (Å²) in [4.78, 5) is 0. The van der Waals surface area contributed by atoms with Gasteiger partial charge in [0.05, 0.1) is 5.73 Å². The summed E-state index contributed by atoms with van der Waals surface area (Å²) in [5, 5.41) is 0. The molecule has 0 spiro atoms. The zero-order valence-corrected chi connectivity index (χ0v) is 13.6. The van der Waals surface area contributed by atoms with Crippen LogP contribution in [0.3, 0.4) is 0 Å². The first kappa shape index (κ1) is 14.2. The summed E-state index contributed by atoms with van der Waals surface area (Å²) in [6.07, 6.45) is 3.62. The van der Waals surface area contributed by atoms with Crippen molar-refractivity contribution in [2.45, 2.75) is 30.9 Å². The van der Waals surface area contributed by atoms with Crippen LogP contribution in [0.1, 0.15) is 36.3 Å². The summed E-state index contributed by atoms with van der Waals surface area (Å²) >= 11 is 0. The first-order valence-corrected chi connectivity index (χ1v) is 9.09. The van der Waals surface area contributed by atoms with E-state index in [1.807, 2.05) is 0 Å². The monoisotopic (exact) mass is 308 g/mol. The molecule has 2 aromatic carbocycles. The minimum atomic E-state index is 0.320. The molecule has 0 bridgehead atoms. The van der Waals surface area contributed by atoms with E-state index in [4.69, 9.17) is 9.16 Å². The van der Waals surface area contributed by atoms with Gasteiger partial charge in [-0.05, 0) is 41.5 Å². The van der Waals surface area contributed by atoms with Crippen molar-refractivity contribution in [3.8, 4) is 11.1 Å². The van der Waals surface area contributed by atoms with Crippen molar-refractivity contribution in [3.63, 3.8) is 0 Å². The Morgan fingerprint density at radius 2 is 1.64 bits per heavy atom. The number of fused-ring (bicyclic) bond motifs is 3. The fourth-order valence-electron chi connectivity index (χ4n) is 3.50. The second kappa shape index (κ2) is 6.37. The topological polar surface area (TPSA) is 18.5 Å². The number of hydrogen-bond donors (Lipinski definition) is 0. The molecule has 1 heterocycles. The van der Waals surface area contributed by atoms with Crippen LogP contribution >= 0.6 is 0 Å². The van der Waals surface area contributed by atoms with Crippen LogP contribution in [0.5, 0.6) is 0 Å². The van der Waals surface area contributed by atoms with Crippen LogP contribution in [0.15, 0.2) is 48.5 Å². The smallest absolute Gasteiger partial charge is 0.261 e. The van der Waals surface area contributed by atoms with E-state index in [0.717, 1.165) is 19.6 Å². The molecule has 112 valence electrons. The van der Waals surface area contributed by atoms with Crippen LogP contribution < -0.4 is 0 Å². The highest BCUT2D eigenvalue weighted by Crippen LogP contribution is 2.44. The Morgan fingerprint density at radius 3 is 2.27 bits per heavy atom. The van der Waals surface area contributed by atoms with Crippen molar-refractivity contribution in [2.75, 3.05) is 13.2 Å². The lowest BCUT2D eigenvalue weighted by atomic mass is 9.98. The Balaban J connectivity index is 1.49. The van der Waals surface area contributed by atoms with E-state index in [1.54, 1.807) is 0 Å². The van der Waals surface area contributed by atoms with Gasteiger partial charge in [0.15, 0.2) is 0 Å². The van der Waals surface area contributed by atoms with Gasteiger partial charge >= 0.3 is 0 Å². The summed E-state index contributed by atoms with van der Waals surface area (Å²) in [6, 6.07) is 17.4. The summed E-state index contributed by atoms with van der Waals surface area (Å²) < 4.78 is 11.8. The molecule has 1 atom stereocenters. The van der Waals surface area contributed by atoms with Crippen LogP contribution in [-0.4, -0.2) is 28.7 Å². The van der Waals surface area contributed by atoms with Crippen molar-refractivity contribution in [3.05, 3.63) is 59.7 Å². The highest BCUT2D eigenvalue weighted by atomic mass is 28.2. The van der Waals surface area contributed by atoms with E-state index >= 15 is 0 Å². The third kappa shape index (κ3) is 2.65. The molecule has 22 heavy (non-hydrogen) atoms. The highest BCUT2D eigenvalue weighted by Gasteiger charge is 2.28.